The first-order valence-electron chi connectivity index (χ1n) is 7.72. The standard InChI is InChI=1S/C19H18FNO3/c1-3-21(12-13-8-9-17(23-2)15(20)10-13)19(22)18-11-14-6-4-5-7-16(14)24-18/h4-11H,3,12H2,1-2H3. The van der Waals surface area contributed by atoms with Gasteiger partial charge in [-0.3, -0.25) is 4.79 Å². The van der Waals surface area contributed by atoms with Crippen LogP contribution >= 0.6 is 0 Å². The molecular formula is C19H18FNO3. The van der Waals surface area contributed by atoms with Gasteiger partial charge in [0.25, 0.3) is 5.91 Å². The molecule has 0 aliphatic heterocycles. The molecule has 0 saturated carbocycles. The van der Waals surface area contributed by atoms with E-state index in [0.29, 0.717) is 24.2 Å². The number of carbonyl (C=O) groups excluding carboxylic acids is 1. The number of amides is 1. The molecule has 1 amide bonds. The van der Waals surface area contributed by atoms with Gasteiger partial charge in [0, 0.05) is 18.5 Å². The number of fused-ring (bicyclic) bond motifs is 1. The van der Waals surface area contributed by atoms with Crippen LogP contribution in [0, 0.1) is 5.82 Å². The van der Waals surface area contributed by atoms with Crippen molar-refractivity contribution in [3.63, 3.8) is 0 Å². The number of hydrogen-bond acceptors (Lipinski definition) is 3. The predicted molar refractivity (Wildman–Crippen MR) is 89.6 cm³/mol. The number of para-hydroxylation sites is 1. The number of ether oxygens (including phenoxy) is 1. The minimum Gasteiger partial charge on any atom is -0.494 e. The van der Waals surface area contributed by atoms with Crippen molar-refractivity contribution < 1.29 is 18.3 Å². The van der Waals surface area contributed by atoms with Crippen LogP contribution < -0.4 is 4.74 Å². The Morgan fingerprint density at radius 1 is 1.21 bits per heavy atom. The van der Waals surface area contributed by atoms with E-state index >= 15 is 0 Å². The second-order valence-corrected chi connectivity index (χ2v) is 5.44. The van der Waals surface area contributed by atoms with Crippen LogP contribution in [0.2, 0.25) is 0 Å². The van der Waals surface area contributed by atoms with Crippen LogP contribution in [0.3, 0.4) is 0 Å². The third kappa shape index (κ3) is 3.11. The van der Waals surface area contributed by atoms with Crippen LogP contribution in [0.15, 0.2) is 52.9 Å². The van der Waals surface area contributed by atoms with Crippen LogP contribution in [-0.4, -0.2) is 24.5 Å². The first-order chi connectivity index (χ1) is 11.6. The van der Waals surface area contributed by atoms with Crippen LogP contribution in [0.5, 0.6) is 5.75 Å². The Morgan fingerprint density at radius 3 is 2.67 bits per heavy atom. The Morgan fingerprint density at radius 2 is 2.00 bits per heavy atom. The summed E-state index contributed by atoms with van der Waals surface area (Å²) in [7, 11) is 1.42. The summed E-state index contributed by atoms with van der Waals surface area (Å²) in [5.41, 5.74) is 1.37. The molecule has 3 aromatic rings. The van der Waals surface area contributed by atoms with Crippen molar-refractivity contribution in [2.75, 3.05) is 13.7 Å². The van der Waals surface area contributed by atoms with E-state index in [1.54, 1.807) is 23.1 Å². The second kappa shape index (κ2) is 6.74. The van der Waals surface area contributed by atoms with E-state index in [2.05, 4.69) is 0 Å². The molecule has 0 N–H and O–H groups in total. The highest BCUT2D eigenvalue weighted by molar-refractivity contribution is 5.96. The summed E-state index contributed by atoms with van der Waals surface area (Å²) >= 11 is 0. The maximum atomic E-state index is 13.8. The zero-order valence-corrected chi connectivity index (χ0v) is 13.6. The lowest BCUT2D eigenvalue weighted by molar-refractivity contribution is 0.0722. The Hall–Kier alpha value is -2.82. The number of hydrogen-bond donors (Lipinski definition) is 0. The molecule has 0 aliphatic carbocycles. The fourth-order valence-electron chi connectivity index (χ4n) is 2.60. The van der Waals surface area contributed by atoms with E-state index in [-0.39, 0.29) is 17.4 Å². The number of nitrogens with zero attached hydrogens (tertiary/aromatic N) is 1. The maximum absolute atomic E-state index is 13.8. The van der Waals surface area contributed by atoms with E-state index in [1.807, 2.05) is 31.2 Å². The van der Waals surface area contributed by atoms with Crippen LogP contribution in [-0.2, 0) is 6.54 Å². The van der Waals surface area contributed by atoms with E-state index < -0.39 is 5.82 Å². The van der Waals surface area contributed by atoms with Gasteiger partial charge in [-0.15, -0.1) is 0 Å². The Kier molecular flexibility index (Phi) is 4.51. The molecule has 0 saturated heterocycles. The van der Waals surface area contributed by atoms with Crippen molar-refractivity contribution in [1.82, 2.24) is 4.90 Å². The smallest absolute Gasteiger partial charge is 0.289 e. The van der Waals surface area contributed by atoms with Gasteiger partial charge >= 0.3 is 0 Å². The molecule has 3 rings (SSSR count). The summed E-state index contributed by atoms with van der Waals surface area (Å²) in [6, 6.07) is 13.9. The zero-order valence-electron chi connectivity index (χ0n) is 13.6. The molecule has 0 aliphatic rings. The number of furan rings is 1. The van der Waals surface area contributed by atoms with E-state index in [4.69, 9.17) is 9.15 Å². The highest BCUT2D eigenvalue weighted by atomic mass is 19.1. The van der Waals surface area contributed by atoms with Crippen molar-refractivity contribution in [1.29, 1.82) is 0 Å². The molecule has 0 fully saturated rings. The minimum atomic E-state index is -0.442. The number of benzene rings is 2. The summed E-state index contributed by atoms with van der Waals surface area (Å²) < 4.78 is 24.4. The van der Waals surface area contributed by atoms with E-state index in [9.17, 15) is 9.18 Å². The molecule has 124 valence electrons. The molecule has 0 bridgehead atoms. The van der Waals surface area contributed by atoms with Gasteiger partial charge in [-0.05, 0) is 36.8 Å². The Balaban J connectivity index is 1.82. The van der Waals surface area contributed by atoms with E-state index in [1.165, 1.54) is 13.2 Å². The fourth-order valence-corrected chi connectivity index (χ4v) is 2.60. The number of halogens is 1. The molecule has 24 heavy (non-hydrogen) atoms. The lowest BCUT2D eigenvalue weighted by Gasteiger charge is -2.20. The number of carbonyl (C=O) groups is 1. The van der Waals surface area contributed by atoms with Crippen LogP contribution in [0.25, 0.3) is 11.0 Å². The van der Waals surface area contributed by atoms with Crippen molar-refractivity contribution >= 4 is 16.9 Å². The Labute approximate surface area is 139 Å². The fraction of sp³-hybridized carbons (Fsp3) is 0.211. The SMILES string of the molecule is CCN(Cc1ccc(OC)c(F)c1)C(=O)c1cc2ccccc2o1. The normalized spacial score (nSPS) is 10.8. The molecule has 4 nitrogen and oxygen atoms in total. The first kappa shape index (κ1) is 16.1. The first-order valence-corrected chi connectivity index (χ1v) is 7.72. The predicted octanol–water partition coefficient (Wildman–Crippen LogP) is 4.24. The zero-order chi connectivity index (χ0) is 17.1. The topological polar surface area (TPSA) is 42.7 Å². The van der Waals surface area contributed by atoms with Crippen LogP contribution in [0.4, 0.5) is 4.39 Å². The molecule has 5 heteroatoms. The molecule has 0 unspecified atom stereocenters. The third-order valence-electron chi connectivity index (χ3n) is 3.89. The lowest BCUT2D eigenvalue weighted by Crippen LogP contribution is -2.30. The summed E-state index contributed by atoms with van der Waals surface area (Å²) in [5.74, 6) is -0.190. The van der Waals surface area contributed by atoms with Crippen molar-refractivity contribution in [2.45, 2.75) is 13.5 Å². The van der Waals surface area contributed by atoms with Gasteiger partial charge in [0.1, 0.15) is 5.58 Å². The largest absolute Gasteiger partial charge is 0.494 e. The van der Waals surface area contributed by atoms with Crippen molar-refractivity contribution in [3.8, 4) is 5.75 Å². The van der Waals surface area contributed by atoms with Crippen molar-refractivity contribution in [3.05, 3.63) is 65.7 Å². The van der Waals surface area contributed by atoms with Gasteiger partial charge in [-0.1, -0.05) is 24.3 Å². The van der Waals surface area contributed by atoms with Crippen molar-refractivity contribution in [2.24, 2.45) is 0 Å². The minimum absolute atomic E-state index is 0.186. The van der Waals surface area contributed by atoms with Gasteiger partial charge in [0.2, 0.25) is 0 Å². The van der Waals surface area contributed by atoms with Gasteiger partial charge < -0.3 is 14.1 Å². The molecule has 0 radical (unpaired) electrons. The lowest BCUT2D eigenvalue weighted by atomic mass is 10.2. The quantitative estimate of drug-likeness (QED) is 0.704. The van der Waals surface area contributed by atoms with Gasteiger partial charge in [-0.25, -0.2) is 4.39 Å². The maximum Gasteiger partial charge on any atom is 0.289 e. The Bertz CT molecular complexity index is 839. The average Bonchev–Trinajstić information content (AvgIpc) is 3.03. The van der Waals surface area contributed by atoms with Gasteiger partial charge in [0.05, 0.1) is 7.11 Å². The van der Waals surface area contributed by atoms with Crippen LogP contribution in [0.1, 0.15) is 23.0 Å². The molecule has 2 aromatic carbocycles. The summed E-state index contributed by atoms with van der Waals surface area (Å²) in [4.78, 5) is 14.3. The molecule has 0 spiro atoms. The third-order valence-corrected chi connectivity index (χ3v) is 3.89. The summed E-state index contributed by atoms with van der Waals surface area (Å²) in [5, 5.41) is 0.882. The summed E-state index contributed by atoms with van der Waals surface area (Å²) in [6.45, 7) is 2.66. The molecule has 1 heterocycles. The number of rotatable bonds is 5. The van der Waals surface area contributed by atoms with Gasteiger partial charge in [0.15, 0.2) is 17.3 Å². The molecular weight excluding hydrogens is 309 g/mol. The average molecular weight is 327 g/mol. The van der Waals surface area contributed by atoms with E-state index in [0.717, 1.165) is 5.39 Å². The molecule has 1 aromatic heterocycles. The monoisotopic (exact) mass is 327 g/mol. The molecule has 0 atom stereocenters. The summed E-state index contributed by atoms with van der Waals surface area (Å²) in [6.07, 6.45) is 0. The highest BCUT2D eigenvalue weighted by Gasteiger charge is 2.19. The number of methoxy groups -OCH3 is 1. The highest BCUT2D eigenvalue weighted by Crippen LogP contribution is 2.22. The second-order valence-electron chi connectivity index (χ2n) is 5.44. The van der Waals surface area contributed by atoms with Gasteiger partial charge in [-0.2, -0.15) is 0 Å².